The molecule has 12 nitrogen and oxygen atoms in total. The van der Waals surface area contributed by atoms with Gasteiger partial charge in [-0.25, -0.2) is 19.1 Å². The number of aryl methyl sites for hydroxylation is 1. The molecular weight excluding hydrogens is 806 g/mol. The predicted octanol–water partition coefficient (Wildman–Crippen LogP) is 7.55. The highest BCUT2D eigenvalue weighted by atomic mass is 32.2. The molecule has 2 aliphatic heterocycles. The lowest BCUT2D eigenvalue weighted by Gasteiger charge is -2.29. The first-order valence-electron chi connectivity index (χ1n) is 20.7. The van der Waals surface area contributed by atoms with Crippen LogP contribution in [-0.2, 0) is 31.0 Å². The molecule has 5 atom stereocenters. The number of carbonyl (C=O) groups excluding carboxylic acids is 3. The summed E-state index contributed by atoms with van der Waals surface area (Å²) in [5.41, 5.74) is 2.46. The van der Waals surface area contributed by atoms with Gasteiger partial charge in [-0.2, -0.15) is 12.7 Å². The van der Waals surface area contributed by atoms with Crippen molar-refractivity contribution in [3.05, 3.63) is 82.6 Å². The van der Waals surface area contributed by atoms with Gasteiger partial charge in [0.1, 0.15) is 34.1 Å². The number of hydrogen-bond donors (Lipinski definition) is 1. The van der Waals surface area contributed by atoms with E-state index in [2.05, 4.69) is 18.6 Å². The standard InChI is InChI=1S/C45H54FN5O7S2/c1-27(2)36-26-59-42(48-36)35-22-40(34-17-18-39(57-6)28(3)41(34)47-35)58-33-21-37-38(52)24-45(44(54)49-60(55,56)50(4)5)23-31(45)15-11-9-7-8-10-14-30(43(53)51(37)25-33)19-29-13-12-16-32(46)20-29/h11-13,15-18,20,22,26-27,30-31,33,37H,7-10,14,19,21,23-25H2,1-6H3,(H,49,54)/b15-11-/t30-,31+,33-,37+,45-/m1/s1. The molecule has 320 valence electrons. The molecule has 0 bridgehead atoms. The normalized spacial score (nSPS) is 24.4. The fourth-order valence-electron chi connectivity index (χ4n) is 8.54. The maximum Gasteiger partial charge on any atom is 0.303 e. The van der Waals surface area contributed by atoms with Gasteiger partial charge in [0, 0.05) is 55.3 Å². The van der Waals surface area contributed by atoms with Crippen LogP contribution >= 0.6 is 11.3 Å². The first-order chi connectivity index (χ1) is 28.6. The number of thiazole rings is 1. The van der Waals surface area contributed by atoms with Crippen LogP contribution in [0.25, 0.3) is 21.6 Å². The van der Waals surface area contributed by atoms with Gasteiger partial charge in [-0.15, -0.1) is 11.3 Å². The van der Waals surface area contributed by atoms with Crippen LogP contribution < -0.4 is 14.2 Å². The van der Waals surface area contributed by atoms with E-state index in [1.165, 1.54) is 37.6 Å². The molecule has 2 amide bonds. The number of hydrogen-bond acceptors (Lipinski definition) is 10. The summed E-state index contributed by atoms with van der Waals surface area (Å²) >= 11 is 1.49. The fraction of sp³-hybridized carbons (Fsp3) is 0.489. The maximum absolute atomic E-state index is 14.9. The summed E-state index contributed by atoms with van der Waals surface area (Å²) in [6.07, 6.45) is 7.55. The third-order valence-electron chi connectivity index (χ3n) is 12.2. The molecule has 0 radical (unpaired) electrons. The summed E-state index contributed by atoms with van der Waals surface area (Å²) in [4.78, 5) is 55.1. The summed E-state index contributed by atoms with van der Waals surface area (Å²) in [5.74, 6) is -1.18. The van der Waals surface area contributed by atoms with Crippen LogP contribution in [0.3, 0.4) is 0 Å². The van der Waals surface area contributed by atoms with Crippen LogP contribution in [0.2, 0.25) is 0 Å². The molecule has 1 N–H and O–H groups in total. The molecule has 0 unspecified atom stereocenters. The van der Waals surface area contributed by atoms with E-state index >= 15 is 0 Å². The van der Waals surface area contributed by atoms with E-state index in [1.54, 1.807) is 18.1 Å². The molecule has 2 fully saturated rings. The number of carbonyl (C=O) groups is 3. The lowest BCUT2D eigenvalue weighted by atomic mass is 9.90. The van der Waals surface area contributed by atoms with E-state index in [0.717, 1.165) is 51.6 Å². The smallest absolute Gasteiger partial charge is 0.303 e. The molecule has 1 saturated carbocycles. The van der Waals surface area contributed by atoms with Gasteiger partial charge in [0.15, 0.2) is 5.78 Å². The number of nitrogens with zero attached hydrogens (tertiary/aromatic N) is 4. The summed E-state index contributed by atoms with van der Waals surface area (Å²) in [6.45, 7) is 6.19. The van der Waals surface area contributed by atoms with Crippen molar-refractivity contribution in [1.29, 1.82) is 0 Å². The number of methoxy groups -OCH3 is 1. The van der Waals surface area contributed by atoms with Crippen molar-refractivity contribution >= 4 is 50.0 Å². The number of rotatable bonds is 10. The van der Waals surface area contributed by atoms with Gasteiger partial charge in [0.2, 0.25) is 11.8 Å². The summed E-state index contributed by atoms with van der Waals surface area (Å²) in [5, 5.41) is 3.48. The summed E-state index contributed by atoms with van der Waals surface area (Å²) < 4.78 is 55.8. The number of fused-ring (bicyclic) bond motifs is 3. The average Bonchev–Trinajstić information content (AvgIpc) is 3.49. The van der Waals surface area contributed by atoms with Crippen LogP contribution in [0.5, 0.6) is 11.5 Å². The Bertz CT molecular complexity index is 2420. The SMILES string of the molecule is COc1ccc2c(O[C@@H]3C[C@H]4C(=O)C[C@]5(C(=O)NS(=O)(=O)N(C)C)C[C@@H]5/C=C\CCCCC[C@H](Cc5cccc(F)c5)C(=O)N4C3)cc(-c3nc(C(C)C)cs3)nc2c1C. The molecule has 15 heteroatoms. The Hall–Kier alpha value is -4.73. The number of ketones is 1. The van der Waals surface area contributed by atoms with Gasteiger partial charge < -0.3 is 14.4 Å². The number of amides is 2. The molecule has 1 saturated heterocycles. The highest BCUT2D eigenvalue weighted by Gasteiger charge is 2.61. The Morgan fingerprint density at radius 1 is 1.10 bits per heavy atom. The zero-order valence-electron chi connectivity index (χ0n) is 35.1. The molecular formula is C45H54FN5O7S2. The van der Waals surface area contributed by atoms with Gasteiger partial charge in [0.25, 0.3) is 0 Å². The zero-order chi connectivity index (χ0) is 42.9. The molecule has 4 heterocycles. The molecule has 4 aromatic rings. The van der Waals surface area contributed by atoms with Crippen molar-refractivity contribution in [2.45, 2.75) is 96.6 Å². The maximum atomic E-state index is 14.9. The predicted molar refractivity (Wildman–Crippen MR) is 229 cm³/mol. The number of nitrogens with one attached hydrogen (secondary N) is 1. The number of benzene rings is 2. The van der Waals surface area contributed by atoms with Gasteiger partial charge >= 0.3 is 10.2 Å². The van der Waals surface area contributed by atoms with Crippen LogP contribution in [0.1, 0.15) is 88.0 Å². The van der Waals surface area contributed by atoms with Crippen LogP contribution in [-0.4, -0.2) is 85.1 Å². The Morgan fingerprint density at radius 2 is 1.90 bits per heavy atom. The van der Waals surface area contributed by atoms with Crippen molar-refractivity contribution in [1.82, 2.24) is 23.9 Å². The van der Waals surface area contributed by atoms with Crippen molar-refractivity contribution < 1.29 is 36.7 Å². The Labute approximate surface area is 355 Å². The number of pyridine rings is 1. The first-order valence-corrected chi connectivity index (χ1v) is 23.0. The van der Waals surface area contributed by atoms with Crippen molar-refractivity contribution in [3.63, 3.8) is 0 Å². The number of halogens is 1. The van der Waals surface area contributed by atoms with Crippen LogP contribution in [0.4, 0.5) is 4.39 Å². The van der Waals surface area contributed by atoms with Gasteiger partial charge in [-0.05, 0) is 80.7 Å². The summed E-state index contributed by atoms with van der Waals surface area (Å²) in [6, 6.07) is 10.9. The highest BCUT2D eigenvalue weighted by Crippen LogP contribution is 2.57. The Morgan fingerprint density at radius 3 is 2.62 bits per heavy atom. The van der Waals surface area contributed by atoms with Crippen molar-refractivity contribution in [3.8, 4) is 22.2 Å². The van der Waals surface area contributed by atoms with Gasteiger partial charge in [-0.3, -0.25) is 14.4 Å². The number of Topliss-reactive ketones (excluding diaryl/α,β-unsaturated/α-hetero) is 1. The third-order valence-corrected chi connectivity index (χ3v) is 14.5. The average molecular weight is 860 g/mol. The molecule has 2 aromatic heterocycles. The molecule has 1 aliphatic carbocycles. The second-order valence-corrected chi connectivity index (χ2v) is 19.7. The molecule has 0 spiro atoms. The van der Waals surface area contributed by atoms with E-state index in [0.29, 0.717) is 47.5 Å². The quantitative estimate of drug-likeness (QED) is 0.160. The molecule has 2 aromatic carbocycles. The van der Waals surface area contributed by atoms with Gasteiger partial charge in [-0.1, -0.05) is 51.0 Å². The molecule has 7 rings (SSSR count). The van der Waals surface area contributed by atoms with E-state index < -0.39 is 39.6 Å². The largest absolute Gasteiger partial charge is 0.496 e. The van der Waals surface area contributed by atoms with Crippen LogP contribution in [0.15, 0.2) is 60.0 Å². The second kappa shape index (κ2) is 17.7. The summed E-state index contributed by atoms with van der Waals surface area (Å²) in [7, 11) is 0.128. The Balaban J connectivity index is 1.26. The fourth-order valence-corrected chi connectivity index (χ4v) is 10.1. The topological polar surface area (TPSA) is 148 Å². The molecule has 60 heavy (non-hydrogen) atoms. The van der Waals surface area contributed by atoms with Crippen LogP contribution in [0, 0.1) is 30.0 Å². The van der Waals surface area contributed by atoms with E-state index in [9.17, 15) is 27.2 Å². The highest BCUT2D eigenvalue weighted by molar-refractivity contribution is 7.87. The third kappa shape index (κ3) is 9.13. The van der Waals surface area contributed by atoms with E-state index in [1.807, 2.05) is 48.7 Å². The van der Waals surface area contributed by atoms with Gasteiger partial charge in [0.05, 0.1) is 36.3 Å². The number of ether oxygens (including phenoxy) is 2. The van der Waals surface area contributed by atoms with E-state index in [4.69, 9.17) is 19.4 Å². The zero-order valence-corrected chi connectivity index (χ0v) is 36.7. The Kier molecular flexibility index (Phi) is 12.8. The lowest BCUT2D eigenvalue weighted by Crippen LogP contribution is -2.47. The van der Waals surface area contributed by atoms with Crippen molar-refractivity contribution in [2.24, 2.45) is 17.3 Å². The number of allylic oxidation sites excluding steroid dienone is 2. The monoisotopic (exact) mass is 859 g/mol. The lowest BCUT2D eigenvalue weighted by molar-refractivity contribution is -0.142. The minimum absolute atomic E-state index is 0.0927. The van der Waals surface area contributed by atoms with Crippen molar-refractivity contribution in [2.75, 3.05) is 27.7 Å². The van der Waals surface area contributed by atoms with E-state index in [-0.39, 0.29) is 48.7 Å². The minimum Gasteiger partial charge on any atom is -0.496 e. The molecule has 3 aliphatic rings. The minimum atomic E-state index is -4.13. The second-order valence-electron chi connectivity index (χ2n) is 16.9. The first kappa shape index (κ1) is 43.4. The number of aromatic nitrogens is 2.